The summed E-state index contributed by atoms with van der Waals surface area (Å²) >= 11 is 0. The summed E-state index contributed by atoms with van der Waals surface area (Å²) in [6.07, 6.45) is 2.02. The lowest BCUT2D eigenvalue weighted by Gasteiger charge is -2.35. The number of aliphatic hydroxyl groups is 1. The van der Waals surface area contributed by atoms with Gasteiger partial charge in [-0.25, -0.2) is 0 Å². The van der Waals surface area contributed by atoms with E-state index in [0.29, 0.717) is 25.6 Å². The predicted octanol–water partition coefficient (Wildman–Crippen LogP) is 1.29. The van der Waals surface area contributed by atoms with Gasteiger partial charge in [-0.15, -0.1) is 0 Å². The van der Waals surface area contributed by atoms with Crippen LogP contribution in [0.25, 0.3) is 0 Å². The zero-order valence-corrected chi connectivity index (χ0v) is 13.6. The zero-order chi connectivity index (χ0) is 16.1. The van der Waals surface area contributed by atoms with Crippen LogP contribution in [0.1, 0.15) is 24.5 Å². The molecule has 23 heavy (non-hydrogen) atoms. The molecular weight excluding hydrogens is 292 g/mol. The molecule has 0 bridgehead atoms. The van der Waals surface area contributed by atoms with Crippen molar-refractivity contribution >= 4 is 5.91 Å². The van der Waals surface area contributed by atoms with E-state index in [1.54, 1.807) is 0 Å². The van der Waals surface area contributed by atoms with Crippen LogP contribution >= 0.6 is 0 Å². The second-order valence-corrected chi connectivity index (χ2v) is 6.57. The van der Waals surface area contributed by atoms with Crippen molar-refractivity contribution in [3.8, 4) is 0 Å². The van der Waals surface area contributed by atoms with Gasteiger partial charge in [-0.2, -0.15) is 0 Å². The lowest BCUT2D eigenvalue weighted by Crippen LogP contribution is -2.50. The van der Waals surface area contributed by atoms with Gasteiger partial charge in [0.05, 0.1) is 12.7 Å². The van der Waals surface area contributed by atoms with Crippen molar-refractivity contribution in [2.75, 3.05) is 45.9 Å². The minimum atomic E-state index is -0.472. The van der Waals surface area contributed by atoms with E-state index >= 15 is 0 Å². The van der Waals surface area contributed by atoms with Crippen molar-refractivity contribution in [2.45, 2.75) is 18.9 Å². The van der Waals surface area contributed by atoms with E-state index in [0.717, 1.165) is 25.3 Å². The average Bonchev–Trinajstić information content (AvgIpc) is 3.40. The quantitative estimate of drug-likeness (QED) is 0.823. The molecule has 2 aliphatic rings. The number of ether oxygens (including phenoxy) is 1. The van der Waals surface area contributed by atoms with Gasteiger partial charge >= 0.3 is 0 Å². The monoisotopic (exact) mass is 318 g/mol. The molecule has 1 aromatic rings. The van der Waals surface area contributed by atoms with Crippen LogP contribution in [0, 0.1) is 5.92 Å². The Morgan fingerprint density at radius 2 is 1.87 bits per heavy atom. The molecule has 1 amide bonds. The second kappa shape index (κ2) is 7.90. The molecule has 1 saturated carbocycles. The van der Waals surface area contributed by atoms with Gasteiger partial charge in [0.2, 0.25) is 5.91 Å². The second-order valence-electron chi connectivity index (χ2n) is 6.57. The van der Waals surface area contributed by atoms with Crippen LogP contribution in [0.2, 0.25) is 0 Å². The summed E-state index contributed by atoms with van der Waals surface area (Å²) < 4.78 is 5.48. The van der Waals surface area contributed by atoms with Crippen molar-refractivity contribution in [3.05, 3.63) is 35.9 Å². The minimum absolute atomic E-state index is 0.0916. The first kappa shape index (κ1) is 16.4. The highest BCUT2D eigenvalue weighted by Crippen LogP contribution is 2.28. The van der Waals surface area contributed by atoms with E-state index < -0.39 is 6.10 Å². The molecule has 1 saturated heterocycles. The van der Waals surface area contributed by atoms with Crippen molar-refractivity contribution in [1.82, 2.24) is 9.80 Å². The third kappa shape index (κ3) is 5.03. The summed E-state index contributed by atoms with van der Waals surface area (Å²) in [4.78, 5) is 16.2. The van der Waals surface area contributed by atoms with Crippen molar-refractivity contribution in [2.24, 2.45) is 5.92 Å². The Hall–Kier alpha value is -1.43. The highest BCUT2D eigenvalue weighted by atomic mass is 16.5. The van der Waals surface area contributed by atoms with Gasteiger partial charge in [0.15, 0.2) is 0 Å². The van der Waals surface area contributed by atoms with Gasteiger partial charge in [0.1, 0.15) is 6.61 Å². The SMILES string of the molecule is O=C(COCC1CC1)N1CCN(C[C@H](O)c2ccccc2)CC1. The predicted molar refractivity (Wildman–Crippen MR) is 88.0 cm³/mol. The van der Waals surface area contributed by atoms with E-state index in [-0.39, 0.29) is 12.5 Å². The summed E-state index contributed by atoms with van der Waals surface area (Å²) in [6, 6.07) is 9.72. The fraction of sp³-hybridized carbons (Fsp3) is 0.611. The Morgan fingerprint density at radius 3 is 2.52 bits per heavy atom. The number of hydrogen-bond donors (Lipinski definition) is 1. The zero-order valence-electron chi connectivity index (χ0n) is 13.6. The van der Waals surface area contributed by atoms with E-state index in [4.69, 9.17) is 4.74 Å². The fourth-order valence-corrected chi connectivity index (χ4v) is 2.89. The topological polar surface area (TPSA) is 53.0 Å². The molecule has 126 valence electrons. The first-order valence-corrected chi connectivity index (χ1v) is 8.53. The molecular formula is C18H26N2O3. The van der Waals surface area contributed by atoms with E-state index in [1.807, 2.05) is 35.2 Å². The highest BCUT2D eigenvalue weighted by molar-refractivity contribution is 5.77. The first-order chi connectivity index (χ1) is 11.2. The molecule has 0 radical (unpaired) electrons. The van der Waals surface area contributed by atoms with Crippen LogP contribution in [0.4, 0.5) is 0 Å². The van der Waals surface area contributed by atoms with Gasteiger partial charge in [-0.05, 0) is 24.3 Å². The molecule has 1 N–H and O–H groups in total. The van der Waals surface area contributed by atoms with Gasteiger partial charge in [0.25, 0.3) is 0 Å². The number of rotatable bonds is 7. The molecule has 5 heteroatoms. The summed E-state index contributed by atoms with van der Waals surface area (Å²) in [5.74, 6) is 0.785. The maximum Gasteiger partial charge on any atom is 0.248 e. The largest absolute Gasteiger partial charge is 0.387 e. The maximum absolute atomic E-state index is 12.1. The van der Waals surface area contributed by atoms with E-state index in [1.165, 1.54) is 12.8 Å². The van der Waals surface area contributed by atoms with Crippen LogP contribution < -0.4 is 0 Å². The number of carbonyl (C=O) groups is 1. The average molecular weight is 318 g/mol. The molecule has 1 atom stereocenters. The third-order valence-electron chi connectivity index (χ3n) is 4.62. The highest BCUT2D eigenvalue weighted by Gasteiger charge is 2.25. The fourth-order valence-electron chi connectivity index (χ4n) is 2.89. The van der Waals surface area contributed by atoms with Gasteiger partial charge < -0.3 is 14.7 Å². The van der Waals surface area contributed by atoms with Crippen molar-refractivity contribution < 1.29 is 14.6 Å². The molecule has 0 aromatic heterocycles. The van der Waals surface area contributed by atoms with Crippen molar-refractivity contribution in [3.63, 3.8) is 0 Å². The first-order valence-electron chi connectivity index (χ1n) is 8.53. The summed E-state index contributed by atoms with van der Waals surface area (Å²) in [7, 11) is 0. The number of carbonyl (C=O) groups excluding carboxylic acids is 1. The van der Waals surface area contributed by atoms with Crippen LogP contribution in [-0.4, -0.2) is 66.8 Å². The molecule has 1 aliphatic carbocycles. The van der Waals surface area contributed by atoms with Crippen LogP contribution in [0.15, 0.2) is 30.3 Å². The number of β-amino-alcohol motifs (C(OH)–C–C–N with tert-alkyl or cyclic N) is 1. The molecule has 5 nitrogen and oxygen atoms in total. The van der Waals surface area contributed by atoms with E-state index in [2.05, 4.69) is 4.90 Å². The Labute approximate surface area is 137 Å². The smallest absolute Gasteiger partial charge is 0.248 e. The molecule has 3 rings (SSSR count). The normalized spacial score (nSPS) is 20.5. The number of benzene rings is 1. The molecule has 2 fully saturated rings. The number of nitrogens with zero attached hydrogens (tertiary/aromatic N) is 2. The van der Waals surface area contributed by atoms with Gasteiger partial charge in [0, 0.05) is 32.7 Å². The Kier molecular flexibility index (Phi) is 5.65. The van der Waals surface area contributed by atoms with Gasteiger partial charge in [-0.3, -0.25) is 9.69 Å². The molecule has 0 spiro atoms. The minimum Gasteiger partial charge on any atom is -0.387 e. The molecule has 1 heterocycles. The Morgan fingerprint density at radius 1 is 1.17 bits per heavy atom. The molecule has 1 aromatic carbocycles. The summed E-state index contributed by atoms with van der Waals surface area (Å²) in [5, 5.41) is 10.3. The van der Waals surface area contributed by atoms with Crippen molar-refractivity contribution in [1.29, 1.82) is 0 Å². The number of hydrogen-bond acceptors (Lipinski definition) is 4. The lowest BCUT2D eigenvalue weighted by atomic mass is 10.1. The third-order valence-corrected chi connectivity index (χ3v) is 4.62. The Bertz CT molecular complexity index is 496. The molecule has 1 aliphatic heterocycles. The lowest BCUT2D eigenvalue weighted by molar-refractivity contribution is -0.138. The summed E-state index contributed by atoms with van der Waals surface area (Å²) in [5.41, 5.74) is 0.944. The van der Waals surface area contributed by atoms with E-state index in [9.17, 15) is 9.90 Å². The maximum atomic E-state index is 12.1. The number of amides is 1. The molecule has 0 unspecified atom stereocenters. The van der Waals surface area contributed by atoms with Crippen LogP contribution in [0.3, 0.4) is 0 Å². The van der Waals surface area contributed by atoms with Gasteiger partial charge in [-0.1, -0.05) is 30.3 Å². The summed E-state index contributed by atoms with van der Waals surface area (Å²) in [6.45, 7) is 4.60. The Balaban J connectivity index is 1.36. The van der Waals surface area contributed by atoms with Crippen LogP contribution in [-0.2, 0) is 9.53 Å². The van der Waals surface area contributed by atoms with Crippen LogP contribution in [0.5, 0.6) is 0 Å². The standard InChI is InChI=1S/C18H26N2O3/c21-17(16-4-2-1-3-5-16)12-19-8-10-20(11-9-19)18(22)14-23-13-15-6-7-15/h1-5,15,17,21H,6-14H2/t17-/m0/s1. The number of piperazine rings is 1. The number of aliphatic hydroxyl groups excluding tert-OH is 1.